The number of amides is 1. The molecule has 16 aliphatic carbocycles. The number of ether oxygens (including phenoxy) is 1. The zero-order valence-electron chi connectivity index (χ0n) is 85.1. The summed E-state index contributed by atoms with van der Waals surface area (Å²) >= 11 is 3.43. The third-order valence-corrected chi connectivity index (χ3v) is 42.4. The first-order chi connectivity index (χ1) is 64.3. The van der Waals surface area contributed by atoms with E-state index in [1.54, 1.807) is 34.2 Å². The van der Waals surface area contributed by atoms with Gasteiger partial charge in [0.15, 0.2) is 17.3 Å². The highest BCUT2D eigenvalue weighted by Crippen LogP contribution is 2.74. The number of H-pyrrole nitrogens is 1. The first-order valence-electron chi connectivity index (χ1n) is 52.4. The van der Waals surface area contributed by atoms with Gasteiger partial charge in [0.25, 0.3) is 0 Å². The van der Waals surface area contributed by atoms with E-state index in [9.17, 15) is 74.2 Å². The molecule has 4 aromatic heterocycles. The Morgan fingerprint density at radius 3 is 0.937 bits per heavy atom. The molecule has 0 bridgehead atoms. The van der Waals surface area contributed by atoms with Crippen molar-refractivity contribution in [2.75, 3.05) is 23.5 Å². The van der Waals surface area contributed by atoms with Crippen molar-refractivity contribution in [3.05, 3.63) is 69.8 Å². The van der Waals surface area contributed by atoms with Crippen molar-refractivity contribution in [2.45, 2.75) is 414 Å². The molecule has 16 aliphatic rings. The maximum absolute atomic E-state index is 13.5. The molecule has 1 amide bonds. The number of aromatic amines is 1. The monoisotopic (exact) mass is 2050 g/mol. The summed E-state index contributed by atoms with van der Waals surface area (Å²) < 4.78 is 8.79. The number of anilines is 2. The minimum atomic E-state index is -0.562. The molecule has 0 radical (unpaired) electrons. The summed E-state index contributed by atoms with van der Waals surface area (Å²) in [6, 6.07) is 0. The molecule has 0 unspecified atom stereocenters. The Bertz CT molecular complexity index is 4970. The lowest BCUT2D eigenvalue weighted by molar-refractivity contribution is -0.385. The van der Waals surface area contributed by atoms with Crippen LogP contribution in [0.1, 0.15) is 372 Å². The average molecular weight is 2050 g/mol. The summed E-state index contributed by atoms with van der Waals surface area (Å²) in [5, 5.41) is 92.0. The minimum absolute atomic E-state index is 0. The van der Waals surface area contributed by atoms with E-state index in [0.29, 0.717) is 116 Å². The summed E-state index contributed by atoms with van der Waals surface area (Å²) in [4.78, 5) is 103. The number of ketones is 4. The van der Waals surface area contributed by atoms with Gasteiger partial charge < -0.3 is 41.3 Å². The minimum Gasteiger partial charge on any atom is -0.400 e. The first kappa shape index (κ1) is 119. The van der Waals surface area contributed by atoms with Gasteiger partial charge in [0.2, 0.25) is 5.91 Å². The molecule has 32 atom stereocenters. The number of nitrogens with zero attached hydrogens (tertiary/aromatic N) is 9. The number of aliphatic hydroxyl groups is 5. The molecule has 0 spiro atoms. The lowest BCUT2D eigenvalue weighted by Gasteiger charge is -2.61. The molecule has 29 nitrogen and oxygen atoms in total. The van der Waals surface area contributed by atoms with Crippen LogP contribution >= 0.6 is 15.9 Å². The van der Waals surface area contributed by atoms with E-state index in [0.717, 1.165) is 164 Å². The number of nitrogens with two attached hydrogens (primary N) is 1. The van der Waals surface area contributed by atoms with E-state index in [1.165, 1.54) is 166 Å². The Morgan fingerprint density at radius 2 is 0.683 bits per heavy atom. The van der Waals surface area contributed by atoms with E-state index in [2.05, 4.69) is 107 Å². The van der Waals surface area contributed by atoms with Crippen molar-refractivity contribution in [2.24, 2.45) is 162 Å². The molecule has 142 heavy (non-hydrogen) atoms. The van der Waals surface area contributed by atoms with Gasteiger partial charge in [-0.25, -0.2) is 0 Å². The predicted molar refractivity (Wildman–Crippen MR) is 559 cm³/mol. The van der Waals surface area contributed by atoms with Gasteiger partial charge in [-0.15, -0.1) is 0 Å². The maximum Gasteiger partial charge on any atom is 0.310 e. The fourth-order valence-corrected chi connectivity index (χ4v) is 35.4. The van der Waals surface area contributed by atoms with Crippen LogP contribution in [0.2, 0.25) is 0 Å². The highest BCUT2D eigenvalue weighted by atomic mass is 79.9. The fourth-order valence-electron chi connectivity index (χ4n) is 35.0. The number of alkyl halides is 1. The molecule has 802 valence electrons. The van der Waals surface area contributed by atoms with Gasteiger partial charge in [0.05, 0.1) is 80.6 Å². The number of nitrogen functional groups attached to an aromatic ring is 1. The van der Waals surface area contributed by atoms with Crippen LogP contribution in [-0.2, 0) is 57.9 Å². The number of hydrogen-bond donors (Lipinski definition) is 8. The predicted octanol–water partition coefficient (Wildman–Crippen LogP) is 22.6. The molecule has 16 saturated carbocycles. The van der Waals surface area contributed by atoms with Gasteiger partial charge in [-0.2, -0.15) is 20.4 Å². The van der Waals surface area contributed by atoms with Crippen LogP contribution in [0, 0.1) is 182 Å². The van der Waals surface area contributed by atoms with Crippen LogP contribution in [0.3, 0.4) is 0 Å². The topological polar surface area (TPSA) is 436 Å². The van der Waals surface area contributed by atoms with Crippen LogP contribution < -0.4 is 11.1 Å². The maximum atomic E-state index is 13.5. The number of carbonyl (C=O) groups excluding carboxylic acids is 7. The van der Waals surface area contributed by atoms with Crippen LogP contribution in [0.15, 0.2) is 49.6 Å². The van der Waals surface area contributed by atoms with Crippen LogP contribution in [0.5, 0.6) is 0 Å². The number of aromatic nitrogens is 8. The molecule has 4 aromatic rings. The van der Waals surface area contributed by atoms with E-state index >= 15 is 0 Å². The lowest BCUT2D eigenvalue weighted by Crippen LogP contribution is -2.55. The molecule has 0 aliphatic heterocycles. The molecule has 16 fully saturated rings. The van der Waals surface area contributed by atoms with E-state index in [-0.39, 0.29) is 119 Å². The second kappa shape index (κ2) is 45.6. The Kier molecular flexibility index (Phi) is 38.1. The largest absolute Gasteiger partial charge is 0.400 e. The van der Waals surface area contributed by atoms with Gasteiger partial charge in [-0.1, -0.05) is 108 Å². The van der Waals surface area contributed by atoms with Gasteiger partial charge in [0.1, 0.15) is 30.9 Å². The zero-order valence-corrected chi connectivity index (χ0v) is 86.7. The number of aliphatic hydroxyl groups excluding tert-OH is 1. The molecular weight excluding hydrogens is 1870 g/mol. The number of hydrogen-bond acceptors (Lipinski definition) is 22. The molecule has 0 aromatic carbocycles. The molecule has 0 saturated heterocycles. The fraction of sp³-hybridized carbons (Fsp3) is 0.830. The Hall–Kier alpha value is -6.99. The summed E-state index contributed by atoms with van der Waals surface area (Å²) in [6.07, 6.45) is 52.5. The van der Waals surface area contributed by atoms with Crippen molar-refractivity contribution >= 4 is 79.7 Å². The third-order valence-electron chi connectivity index (χ3n) is 41.9. The van der Waals surface area contributed by atoms with E-state index in [1.807, 2.05) is 27.7 Å². The SMILES string of the molecule is C.C.C.C.C.CC(=O)Nc1cnn(CC(=O)[C@H]2CC[C@H]3[C@@H]4CC[C@H]5C[C@](C)(O)CC[C@]5(C)[C@H]4CC[C@]23C)c1.CC(=O)OC(C)=O.CO.C[C@@]1(O)CC[C@@]2(C)[C@@H](CC[C@@H]3[C@@H]2CC[C@]2(C)[C@@H](C(=O)CBr)CC[C@@H]32)C1.C[C@@]1(O)CC[C@@]2(C)[C@@H](CC[C@@H]3[C@@H]2CC[C@]2(C)[C@@H](C(=O)Cn4cc(N)cn4)CC[C@@H]32)C1.C[C@@]1(O)CC[C@@]2(C)[C@@H](CC[C@@H]3[C@@H]2CC[C@]2(C)[C@@H](C(=O)Cn4cc([N+](=O)[O-])cn4)CC[C@@H]32)C1.O=[N+]([O-])c1cn[nH]c1. The summed E-state index contributed by atoms with van der Waals surface area (Å²) in [6.45, 7) is 32.4. The van der Waals surface area contributed by atoms with Gasteiger partial charge in [0, 0.05) is 63.9 Å². The normalized spacial score (nSPS) is 41.4. The van der Waals surface area contributed by atoms with Crippen molar-refractivity contribution in [1.82, 2.24) is 39.5 Å². The summed E-state index contributed by atoms with van der Waals surface area (Å²) in [5.74, 6) is 11.9. The quantitative estimate of drug-likeness (QED) is 0.0191. The Balaban J connectivity index is 0.000000198. The molecule has 9 N–H and O–H groups in total. The van der Waals surface area contributed by atoms with Gasteiger partial charge >= 0.3 is 23.3 Å². The van der Waals surface area contributed by atoms with Crippen molar-refractivity contribution in [3.8, 4) is 0 Å². The molecule has 4 heterocycles. The van der Waals surface area contributed by atoms with Crippen molar-refractivity contribution in [3.63, 3.8) is 0 Å². The van der Waals surface area contributed by atoms with Crippen molar-refractivity contribution in [1.29, 1.82) is 0 Å². The highest BCUT2D eigenvalue weighted by Gasteiger charge is 2.68. The van der Waals surface area contributed by atoms with Gasteiger partial charge in [-0.05, 0) is 397 Å². The molecule has 20 rings (SSSR count). The number of Topliss-reactive ketones (excluding diaryl/α,β-unsaturated/α-hetero) is 4. The summed E-state index contributed by atoms with van der Waals surface area (Å²) in [7, 11) is 1.00. The second-order valence-corrected chi connectivity index (χ2v) is 50.2. The Morgan fingerprint density at radius 1 is 0.394 bits per heavy atom. The second-order valence-electron chi connectivity index (χ2n) is 49.7. The number of carbonyl (C=O) groups is 7. The third kappa shape index (κ3) is 23.7. The smallest absolute Gasteiger partial charge is 0.310 e. The molecular formula is C112H185BrN12O17. The van der Waals surface area contributed by atoms with Crippen LogP contribution in [0.25, 0.3) is 0 Å². The standard InChI is InChI=1S/C27H41N3O3.C25H37N3O4.C25H39N3O2.C22H35BrO2.C4H6O3.C3H3N3O2.CH4O.5CH4/c1-17(31)29-19-14-28-30(15-19)16-24(32)23-8-7-21-20-6-5-18-13-25(2,33)11-12-26(18,3)22(20)9-10-27(21,23)4;1-23(30)10-11-24(2)16(12-23)4-5-18-19-6-7-21(25(19,3)9-8-20(18)24)22(29)15-27-14-17(13-26-27)28(31)32;1-23(30)10-11-24(2)16(12-23)4-5-18-19-6-7-21(25(19,3)9-8-20(18)24)22(29)15-28-14-17(26)13-27-28;1-20(25)10-11-21(2)14(12-20)4-5-15-16-6-7-18(19(24)13-23)22(16,3)9-8-17(15)21;1-3(5)7-4(2)6;7-6(8)3-1-4-5-2-3;1-2;;;;;/h14-15,18,20-23,33H,5-13,16H2,1-4H3,(H,29,31);13-14,16,18-21,30H,4-12,15H2,1-3H3;13-14,16,18-21,30H,4-12,15,26H2,1-3H3;14-18,25H,4-13H2,1-3H3;1-2H3;1-2H,(H,4,5);2H,1H3;5*1H4/t18-,20-,21-,22-,23+,25+,26-,27-;2*16-,18-,19-,20-,21+,23+,24-,25-;14-,15-,16-,17-,18+,20+,21-,22-;;;;;;;;/m0000......../s1. The summed E-state index contributed by atoms with van der Waals surface area (Å²) in [5.41, 5.74) is 7.04. The number of fused-ring (bicyclic) bond motifs is 20. The van der Waals surface area contributed by atoms with E-state index in [4.69, 9.17) is 10.8 Å². The number of esters is 2. The average Bonchev–Trinajstić information content (AvgIpc) is 1.65. The van der Waals surface area contributed by atoms with Gasteiger partial charge in [-0.3, -0.25) is 72.9 Å². The molecule has 30 heteroatoms. The Labute approximate surface area is 857 Å². The highest BCUT2D eigenvalue weighted by molar-refractivity contribution is 9.09. The van der Waals surface area contributed by atoms with Crippen LogP contribution in [-0.4, -0.2) is 151 Å². The number of halogens is 1. The number of rotatable bonds is 14. The number of nitrogens with one attached hydrogen (secondary N) is 2. The lowest BCUT2D eigenvalue weighted by atomic mass is 9.44. The zero-order chi connectivity index (χ0) is 99.7. The number of nitro groups is 2. The van der Waals surface area contributed by atoms with Crippen LogP contribution in [0.4, 0.5) is 22.7 Å². The van der Waals surface area contributed by atoms with Crippen molar-refractivity contribution < 1.29 is 73.7 Å². The first-order valence-corrected chi connectivity index (χ1v) is 53.5. The van der Waals surface area contributed by atoms with E-state index < -0.39 is 44.2 Å².